The first-order chi connectivity index (χ1) is 8.59. The Kier molecular flexibility index (Phi) is 3.18. The summed E-state index contributed by atoms with van der Waals surface area (Å²) in [6.07, 6.45) is 1.31. The molecule has 1 aromatic carbocycles. The third-order valence-electron chi connectivity index (χ3n) is 2.46. The highest BCUT2D eigenvalue weighted by atomic mass is 19.1. The zero-order chi connectivity index (χ0) is 13.1. The van der Waals surface area contributed by atoms with Crippen molar-refractivity contribution in [3.05, 3.63) is 47.9 Å². The van der Waals surface area contributed by atoms with Crippen molar-refractivity contribution in [3.63, 3.8) is 0 Å². The van der Waals surface area contributed by atoms with E-state index < -0.39 is 5.97 Å². The van der Waals surface area contributed by atoms with Gasteiger partial charge in [-0.15, -0.1) is 5.10 Å². The van der Waals surface area contributed by atoms with E-state index in [2.05, 4.69) is 10.2 Å². The first kappa shape index (κ1) is 12.0. The highest BCUT2D eigenvalue weighted by molar-refractivity contribution is 5.94. The quantitative estimate of drug-likeness (QED) is 0.899. The van der Waals surface area contributed by atoms with Crippen LogP contribution in [-0.4, -0.2) is 28.3 Å². The molecule has 92 valence electrons. The minimum absolute atomic E-state index is 0.0387. The van der Waals surface area contributed by atoms with E-state index in [4.69, 9.17) is 5.11 Å². The number of benzene rings is 1. The van der Waals surface area contributed by atoms with Gasteiger partial charge in [0, 0.05) is 12.7 Å². The molecule has 0 atom stereocenters. The predicted octanol–water partition coefficient (Wildman–Crippen LogP) is 2.08. The average molecular weight is 247 g/mol. The van der Waals surface area contributed by atoms with Gasteiger partial charge in [-0.3, -0.25) is 0 Å². The summed E-state index contributed by atoms with van der Waals surface area (Å²) in [5, 5.41) is 16.5. The number of anilines is 2. The van der Waals surface area contributed by atoms with Gasteiger partial charge in [-0.25, -0.2) is 9.18 Å². The van der Waals surface area contributed by atoms with E-state index >= 15 is 0 Å². The van der Waals surface area contributed by atoms with E-state index in [-0.39, 0.29) is 17.2 Å². The van der Waals surface area contributed by atoms with Gasteiger partial charge in [0.25, 0.3) is 0 Å². The molecule has 0 bridgehead atoms. The first-order valence-electron chi connectivity index (χ1n) is 5.14. The van der Waals surface area contributed by atoms with E-state index in [1.807, 2.05) is 0 Å². The van der Waals surface area contributed by atoms with Gasteiger partial charge in [-0.05, 0) is 30.3 Å². The summed E-state index contributed by atoms with van der Waals surface area (Å²) < 4.78 is 12.8. The van der Waals surface area contributed by atoms with Crippen molar-refractivity contribution in [3.8, 4) is 0 Å². The van der Waals surface area contributed by atoms with Crippen LogP contribution in [0.5, 0.6) is 0 Å². The molecule has 18 heavy (non-hydrogen) atoms. The molecule has 1 aromatic heterocycles. The van der Waals surface area contributed by atoms with Gasteiger partial charge in [-0.1, -0.05) is 0 Å². The molecular formula is C12H10FN3O2. The fourth-order valence-corrected chi connectivity index (χ4v) is 1.53. The van der Waals surface area contributed by atoms with Crippen molar-refractivity contribution in [2.24, 2.45) is 0 Å². The molecule has 1 N–H and O–H groups in total. The maximum Gasteiger partial charge on any atom is 0.339 e. The molecule has 0 amide bonds. The molecular weight excluding hydrogens is 237 g/mol. The van der Waals surface area contributed by atoms with Gasteiger partial charge >= 0.3 is 5.97 Å². The van der Waals surface area contributed by atoms with Crippen LogP contribution in [0.4, 0.5) is 15.9 Å². The van der Waals surface area contributed by atoms with Gasteiger partial charge in [-0.2, -0.15) is 5.10 Å². The first-order valence-corrected chi connectivity index (χ1v) is 5.14. The number of carboxylic acid groups (broad SMARTS) is 1. The van der Waals surface area contributed by atoms with E-state index in [0.717, 1.165) is 0 Å². The van der Waals surface area contributed by atoms with Crippen molar-refractivity contribution in [1.29, 1.82) is 0 Å². The van der Waals surface area contributed by atoms with Crippen LogP contribution in [0, 0.1) is 5.82 Å². The minimum Gasteiger partial charge on any atom is -0.478 e. The molecule has 0 spiro atoms. The zero-order valence-electron chi connectivity index (χ0n) is 9.54. The number of nitrogens with zero attached hydrogens (tertiary/aromatic N) is 3. The van der Waals surface area contributed by atoms with Crippen LogP contribution in [0.25, 0.3) is 0 Å². The van der Waals surface area contributed by atoms with Crippen LogP contribution >= 0.6 is 0 Å². The van der Waals surface area contributed by atoms with Gasteiger partial charge in [0.1, 0.15) is 11.4 Å². The second-order valence-corrected chi connectivity index (χ2v) is 3.61. The molecule has 5 nitrogen and oxygen atoms in total. The molecule has 0 aliphatic rings. The van der Waals surface area contributed by atoms with Crippen molar-refractivity contribution >= 4 is 17.5 Å². The van der Waals surface area contributed by atoms with Crippen LogP contribution in [0.3, 0.4) is 0 Å². The molecule has 2 aromatic rings. The van der Waals surface area contributed by atoms with Gasteiger partial charge in [0.05, 0.1) is 6.20 Å². The van der Waals surface area contributed by atoms with Crippen molar-refractivity contribution in [2.45, 2.75) is 0 Å². The lowest BCUT2D eigenvalue weighted by molar-refractivity contribution is 0.0697. The van der Waals surface area contributed by atoms with E-state index in [1.54, 1.807) is 7.05 Å². The molecule has 1 heterocycles. The standard InChI is InChI=1S/C12H10FN3O2/c1-16(9-4-2-8(13)3-5-9)11-10(12(17)18)6-7-14-15-11/h2-7H,1H3,(H,17,18). The monoisotopic (exact) mass is 247 g/mol. The summed E-state index contributed by atoms with van der Waals surface area (Å²) in [5.41, 5.74) is 0.663. The Morgan fingerprint density at radius 1 is 1.28 bits per heavy atom. The third-order valence-corrected chi connectivity index (χ3v) is 2.46. The Morgan fingerprint density at radius 3 is 2.56 bits per heavy atom. The fraction of sp³-hybridized carbons (Fsp3) is 0.0833. The second kappa shape index (κ2) is 4.79. The summed E-state index contributed by atoms with van der Waals surface area (Å²) in [7, 11) is 1.64. The molecule has 0 radical (unpaired) electrons. The van der Waals surface area contributed by atoms with Crippen LogP contribution in [-0.2, 0) is 0 Å². The molecule has 0 aliphatic carbocycles. The number of carbonyl (C=O) groups is 1. The molecule has 6 heteroatoms. The normalized spacial score (nSPS) is 10.1. The number of halogens is 1. The molecule has 0 unspecified atom stereocenters. The maximum absolute atomic E-state index is 12.8. The molecule has 0 saturated carbocycles. The van der Waals surface area contributed by atoms with Crippen LogP contribution in [0.2, 0.25) is 0 Å². The predicted molar refractivity (Wildman–Crippen MR) is 63.5 cm³/mol. The molecule has 0 saturated heterocycles. The van der Waals surface area contributed by atoms with Crippen molar-refractivity contribution in [1.82, 2.24) is 10.2 Å². The minimum atomic E-state index is -1.09. The molecule has 0 fully saturated rings. The van der Waals surface area contributed by atoms with Gasteiger partial charge in [0.15, 0.2) is 5.82 Å². The smallest absolute Gasteiger partial charge is 0.339 e. The highest BCUT2D eigenvalue weighted by Crippen LogP contribution is 2.24. The van der Waals surface area contributed by atoms with E-state index in [1.165, 1.54) is 41.4 Å². The lowest BCUT2D eigenvalue weighted by atomic mass is 10.2. The van der Waals surface area contributed by atoms with E-state index in [0.29, 0.717) is 5.69 Å². The summed E-state index contributed by atoms with van der Waals surface area (Å²) >= 11 is 0. The average Bonchev–Trinajstić information content (AvgIpc) is 2.39. The lowest BCUT2D eigenvalue weighted by Gasteiger charge is -2.18. The summed E-state index contributed by atoms with van der Waals surface area (Å²) in [6.45, 7) is 0. The topological polar surface area (TPSA) is 66.3 Å². The summed E-state index contributed by atoms with van der Waals surface area (Å²) in [4.78, 5) is 12.6. The summed E-state index contributed by atoms with van der Waals surface area (Å²) in [5.74, 6) is -1.24. The number of carboxylic acids is 1. The Hall–Kier alpha value is -2.50. The maximum atomic E-state index is 12.8. The second-order valence-electron chi connectivity index (χ2n) is 3.61. The Balaban J connectivity index is 2.42. The number of hydrogen-bond acceptors (Lipinski definition) is 4. The zero-order valence-corrected chi connectivity index (χ0v) is 9.54. The largest absolute Gasteiger partial charge is 0.478 e. The Bertz CT molecular complexity index is 572. The van der Waals surface area contributed by atoms with Gasteiger partial charge in [0.2, 0.25) is 0 Å². The fourth-order valence-electron chi connectivity index (χ4n) is 1.53. The SMILES string of the molecule is CN(c1ccc(F)cc1)c1nnccc1C(=O)O. The van der Waals surface area contributed by atoms with Crippen molar-refractivity contribution < 1.29 is 14.3 Å². The highest BCUT2D eigenvalue weighted by Gasteiger charge is 2.16. The number of aromatic carboxylic acids is 1. The Morgan fingerprint density at radius 2 is 1.94 bits per heavy atom. The van der Waals surface area contributed by atoms with Crippen LogP contribution in [0.15, 0.2) is 36.5 Å². The number of hydrogen-bond donors (Lipinski definition) is 1. The van der Waals surface area contributed by atoms with E-state index in [9.17, 15) is 9.18 Å². The Labute approximate surface area is 103 Å². The molecule has 0 aliphatic heterocycles. The van der Waals surface area contributed by atoms with Gasteiger partial charge < -0.3 is 10.0 Å². The number of aromatic nitrogens is 2. The molecule has 2 rings (SSSR count). The number of rotatable bonds is 3. The van der Waals surface area contributed by atoms with Crippen molar-refractivity contribution in [2.75, 3.05) is 11.9 Å². The summed E-state index contributed by atoms with van der Waals surface area (Å²) in [6, 6.07) is 7.03. The third kappa shape index (κ3) is 2.27. The van der Waals surface area contributed by atoms with Crippen LogP contribution < -0.4 is 4.90 Å². The van der Waals surface area contributed by atoms with Crippen LogP contribution in [0.1, 0.15) is 10.4 Å². The lowest BCUT2D eigenvalue weighted by Crippen LogP contribution is -2.16.